The van der Waals surface area contributed by atoms with E-state index >= 15 is 0 Å². The van der Waals surface area contributed by atoms with Crippen molar-refractivity contribution in [1.82, 2.24) is 4.90 Å². The minimum Gasteiger partial charge on any atom is -0.388 e. The molecule has 0 aliphatic carbocycles. The van der Waals surface area contributed by atoms with Crippen molar-refractivity contribution < 1.29 is 14.6 Å². The van der Waals surface area contributed by atoms with Crippen molar-refractivity contribution in [3.05, 3.63) is 0 Å². The Morgan fingerprint density at radius 1 is 1.75 bits per heavy atom. The lowest BCUT2D eigenvalue weighted by molar-refractivity contribution is -0.129. The number of β-amino-alcohol motifs (C(OH)–C–C–N with tert-alkyl or cyclic N) is 1. The molecule has 0 radical (unpaired) electrons. The summed E-state index contributed by atoms with van der Waals surface area (Å²) in [6.45, 7) is 0.755. The molecular weight excluding hydrogens is 160 g/mol. The van der Waals surface area contributed by atoms with Crippen LogP contribution < -0.4 is 5.73 Å². The van der Waals surface area contributed by atoms with Gasteiger partial charge in [0, 0.05) is 20.2 Å². The number of carbonyl (C=O) groups excluding carboxylic acids is 1. The molecule has 0 spiro atoms. The van der Waals surface area contributed by atoms with Crippen LogP contribution in [0.15, 0.2) is 0 Å². The van der Waals surface area contributed by atoms with Gasteiger partial charge in [-0.2, -0.15) is 0 Å². The number of hydrogen-bond acceptors (Lipinski definition) is 4. The third kappa shape index (κ3) is 1.74. The summed E-state index contributed by atoms with van der Waals surface area (Å²) in [5, 5.41) is 9.34. The molecular formula is C7H14N2O3. The predicted molar refractivity (Wildman–Crippen MR) is 42.4 cm³/mol. The highest BCUT2D eigenvalue weighted by molar-refractivity contribution is 5.78. The van der Waals surface area contributed by atoms with Gasteiger partial charge in [-0.15, -0.1) is 0 Å². The molecule has 0 bridgehead atoms. The maximum atomic E-state index is 11.1. The molecule has 70 valence electrons. The average molecular weight is 174 g/mol. The van der Waals surface area contributed by atoms with Crippen LogP contribution in [-0.2, 0) is 9.53 Å². The van der Waals surface area contributed by atoms with Crippen LogP contribution >= 0.6 is 0 Å². The van der Waals surface area contributed by atoms with E-state index in [2.05, 4.69) is 0 Å². The zero-order valence-corrected chi connectivity index (χ0v) is 7.06. The number of rotatable bonds is 2. The van der Waals surface area contributed by atoms with Crippen LogP contribution in [0.1, 0.15) is 0 Å². The number of aliphatic hydroxyl groups excluding tert-OH is 1. The first-order valence-corrected chi connectivity index (χ1v) is 3.87. The van der Waals surface area contributed by atoms with Gasteiger partial charge in [0.15, 0.2) is 0 Å². The summed E-state index contributed by atoms with van der Waals surface area (Å²) in [4.78, 5) is 12.6. The molecule has 1 aliphatic heterocycles. The first kappa shape index (κ1) is 9.44. The number of aliphatic hydroxyl groups is 1. The molecule has 1 heterocycles. The molecule has 0 aromatic heterocycles. The van der Waals surface area contributed by atoms with Crippen LogP contribution in [0.2, 0.25) is 0 Å². The lowest BCUT2D eigenvalue weighted by Crippen LogP contribution is -2.35. The first-order chi connectivity index (χ1) is 5.69. The largest absolute Gasteiger partial charge is 0.388 e. The fourth-order valence-corrected chi connectivity index (χ4v) is 1.32. The molecule has 0 unspecified atom stereocenters. The molecule has 1 fully saturated rings. The van der Waals surface area contributed by atoms with E-state index in [9.17, 15) is 9.90 Å². The van der Waals surface area contributed by atoms with Gasteiger partial charge in [0.1, 0.15) is 6.10 Å². The average Bonchev–Trinajstić information content (AvgIpc) is 2.45. The SMILES string of the molecule is CO[C@@H]1CN(C(=O)CN)C[C@H]1O. The maximum Gasteiger partial charge on any atom is 0.236 e. The van der Waals surface area contributed by atoms with E-state index in [1.807, 2.05) is 0 Å². The molecule has 1 amide bonds. The van der Waals surface area contributed by atoms with E-state index in [-0.39, 0.29) is 18.6 Å². The van der Waals surface area contributed by atoms with Crippen LogP contribution in [0.5, 0.6) is 0 Å². The zero-order chi connectivity index (χ0) is 9.14. The quantitative estimate of drug-likeness (QED) is 0.516. The highest BCUT2D eigenvalue weighted by Gasteiger charge is 2.33. The first-order valence-electron chi connectivity index (χ1n) is 3.87. The fraction of sp³-hybridized carbons (Fsp3) is 0.857. The van der Waals surface area contributed by atoms with E-state index in [1.54, 1.807) is 0 Å². The highest BCUT2D eigenvalue weighted by Crippen LogP contribution is 2.12. The van der Waals surface area contributed by atoms with Crippen LogP contribution in [0.3, 0.4) is 0 Å². The summed E-state index contributed by atoms with van der Waals surface area (Å²) in [5.41, 5.74) is 5.17. The van der Waals surface area contributed by atoms with E-state index in [4.69, 9.17) is 10.5 Å². The zero-order valence-electron chi connectivity index (χ0n) is 7.06. The third-order valence-corrected chi connectivity index (χ3v) is 2.07. The molecule has 1 rings (SSSR count). The smallest absolute Gasteiger partial charge is 0.236 e. The molecule has 0 aromatic carbocycles. The minimum atomic E-state index is -0.578. The summed E-state index contributed by atoms with van der Waals surface area (Å²) in [6, 6.07) is 0. The summed E-state index contributed by atoms with van der Waals surface area (Å²) < 4.78 is 4.96. The Balaban J connectivity index is 2.48. The van der Waals surface area contributed by atoms with Crippen molar-refractivity contribution in [2.45, 2.75) is 12.2 Å². The lowest BCUT2D eigenvalue weighted by atomic mass is 10.3. The summed E-state index contributed by atoms with van der Waals surface area (Å²) in [5.74, 6) is -0.145. The third-order valence-electron chi connectivity index (χ3n) is 2.07. The van der Waals surface area contributed by atoms with Gasteiger partial charge < -0.3 is 20.5 Å². The Bertz CT molecular complexity index is 174. The van der Waals surface area contributed by atoms with Crippen molar-refractivity contribution >= 4 is 5.91 Å². The van der Waals surface area contributed by atoms with E-state index in [1.165, 1.54) is 12.0 Å². The van der Waals surface area contributed by atoms with Gasteiger partial charge in [-0.05, 0) is 0 Å². The van der Waals surface area contributed by atoms with Crippen LogP contribution in [0.25, 0.3) is 0 Å². The molecule has 12 heavy (non-hydrogen) atoms. The number of methoxy groups -OCH3 is 1. The Hall–Kier alpha value is -0.650. The summed E-state index contributed by atoms with van der Waals surface area (Å²) in [6.07, 6.45) is -0.842. The fourth-order valence-electron chi connectivity index (χ4n) is 1.32. The monoisotopic (exact) mass is 174 g/mol. The van der Waals surface area contributed by atoms with Gasteiger partial charge in [-0.3, -0.25) is 4.79 Å². The maximum absolute atomic E-state index is 11.1. The molecule has 0 aromatic rings. The molecule has 3 N–H and O–H groups in total. The number of nitrogens with zero attached hydrogens (tertiary/aromatic N) is 1. The molecule has 5 nitrogen and oxygen atoms in total. The highest BCUT2D eigenvalue weighted by atomic mass is 16.5. The Morgan fingerprint density at radius 3 is 2.83 bits per heavy atom. The Labute approximate surface area is 71.1 Å². The second-order valence-corrected chi connectivity index (χ2v) is 2.84. The number of carbonyl (C=O) groups is 1. The second-order valence-electron chi connectivity index (χ2n) is 2.84. The minimum absolute atomic E-state index is 0.0108. The number of nitrogens with two attached hydrogens (primary N) is 1. The molecule has 0 saturated carbocycles. The van der Waals surface area contributed by atoms with Gasteiger partial charge in [0.05, 0.1) is 12.6 Å². The number of hydrogen-bond donors (Lipinski definition) is 2. The van der Waals surface area contributed by atoms with Gasteiger partial charge >= 0.3 is 0 Å². The molecule has 2 atom stereocenters. The number of likely N-dealkylation sites (tertiary alicyclic amines) is 1. The summed E-state index contributed by atoms with van der Waals surface area (Å²) in [7, 11) is 1.52. The second kappa shape index (κ2) is 3.84. The van der Waals surface area contributed by atoms with Crippen molar-refractivity contribution in [3.63, 3.8) is 0 Å². The van der Waals surface area contributed by atoms with Crippen molar-refractivity contribution in [2.75, 3.05) is 26.7 Å². The van der Waals surface area contributed by atoms with Crippen LogP contribution in [0.4, 0.5) is 0 Å². The van der Waals surface area contributed by atoms with Gasteiger partial charge in [0.25, 0.3) is 0 Å². The van der Waals surface area contributed by atoms with E-state index in [0.717, 1.165) is 0 Å². The van der Waals surface area contributed by atoms with Crippen molar-refractivity contribution in [2.24, 2.45) is 5.73 Å². The summed E-state index contributed by atoms with van der Waals surface area (Å²) >= 11 is 0. The molecule has 5 heteroatoms. The lowest BCUT2D eigenvalue weighted by Gasteiger charge is -2.13. The molecule has 1 aliphatic rings. The van der Waals surface area contributed by atoms with Gasteiger partial charge in [0.2, 0.25) is 5.91 Å². The van der Waals surface area contributed by atoms with Crippen molar-refractivity contribution in [3.8, 4) is 0 Å². The standard InChI is InChI=1S/C7H14N2O3/c1-12-6-4-9(3-5(6)10)7(11)2-8/h5-6,10H,2-4,8H2,1H3/t5-,6-/m1/s1. The number of amides is 1. The topological polar surface area (TPSA) is 75.8 Å². The van der Waals surface area contributed by atoms with Crippen molar-refractivity contribution in [1.29, 1.82) is 0 Å². The Kier molecular flexibility index (Phi) is 3.02. The van der Waals surface area contributed by atoms with E-state index < -0.39 is 6.10 Å². The molecule has 1 saturated heterocycles. The number of ether oxygens (including phenoxy) is 1. The van der Waals surface area contributed by atoms with Gasteiger partial charge in [-0.1, -0.05) is 0 Å². The predicted octanol–water partition coefficient (Wildman–Crippen LogP) is -1.84. The van der Waals surface area contributed by atoms with Crippen LogP contribution in [0, 0.1) is 0 Å². The van der Waals surface area contributed by atoms with Gasteiger partial charge in [-0.25, -0.2) is 0 Å². The Morgan fingerprint density at radius 2 is 2.42 bits per heavy atom. The van der Waals surface area contributed by atoms with Crippen LogP contribution in [-0.4, -0.2) is 54.9 Å². The normalized spacial score (nSPS) is 29.4. The van der Waals surface area contributed by atoms with E-state index in [0.29, 0.717) is 13.1 Å².